The summed E-state index contributed by atoms with van der Waals surface area (Å²) in [6.45, 7) is 0. The van der Waals surface area contributed by atoms with Gasteiger partial charge in [-0.2, -0.15) is 11.2 Å². The second kappa shape index (κ2) is 10.1. The second-order valence-electron chi connectivity index (χ2n) is 8.62. The van der Waals surface area contributed by atoms with Crippen LogP contribution >= 0.6 is 0 Å². The van der Waals surface area contributed by atoms with Gasteiger partial charge in [-0.15, -0.1) is 36.4 Å². The van der Waals surface area contributed by atoms with Crippen LogP contribution in [0.15, 0.2) is 126 Å². The van der Waals surface area contributed by atoms with E-state index in [1.807, 2.05) is 97.2 Å². The maximum absolute atomic E-state index is 6.26. The van der Waals surface area contributed by atoms with Gasteiger partial charge >= 0.3 is 21.1 Å². The molecule has 0 saturated carbocycles. The molecule has 3 aromatic heterocycles. The Labute approximate surface area is 234 Å². The molecule has 0 aliphatic rings. The molecule has 0 N–H and O–H groups in total. The van der Waals surface area contributed by atoms with E-state index in [4.69, 9.17) is 9.40 Å². The van der Waals surface area contributed by atoms with Crippen molar-refractivity contribution < 1.29 is 25.5 Å². The minimum Gasteiger partial charge on any atom is -0.501 e. The van der Waals surface area contributed by atoms with Gasteiger partial charge in [0, 0.05) is 23.5 Å². The normalized spacial score (nSPS) is 10.9. The Balaban J connectivity index is 0.00000264. The van der Waals surface area contributed by atoms with E-state index in [-0.39, 0.29) is 21.1 Å². The zero-order valence-electron chi connectivity index (χ0n) is 20.1. The number of anilines is 3. The molecule has 0 aliphatic carbocycles. The Bertz CT molecular complexity index is 1840. The summed E-state index contributed by atoms with van der Waals surface area (Å²) in [5.74, 6) is 0.763. The predicted octanol–water partition coefficient (Wildman–Crippen LogP) is 7.90. The first kappa shape index (κ1) is 23.9. The number of pyridine rings is 1. The van der Waals surface area contributed by atoms with E-state index in [0.717, 1.165) is 56.1 Å². The first-order valence-electron chi connectivity index (χ1n) is 12.0. The fourth-order valence-corrected chi connectivity index (χ4v) is 4.66. The van der Waals surface area contributed by atoms with Crippen molar-refractivity contribution in [3.63, 3.8) is 0 Å². The summed E-state index contributed by atoms with van der Waals surface area (Å²) < 4.78 is 8.06. The average Bonchev–Trinajstić information content (AvgIpc) is 3.63. The molecule has 5 nitrogen and oxygen atoms in total. The van der Waals surface area contributed by atoms with E-state index in [1.54, 1.807) is 10.9 Å². The van der Waals surface area contributed by atoms with Gasteiger partial charge in [-0.3, -0.25) is 9.67 Å². The van der Waals surface area contributed by atoms with E-state index in [2.05, 4.69) is 40.3 Å². The Kier molecular flexibility index (Phi) is 6.36. The topological polar surface area (TPSA) is 47.1 Å². The number of hydrogen-bond acceptors (Lipinski definition) is 4. The van der Waals surface area contributed by atoms with Gasteiger partial charge in [-0.05, 0) is 41.7 Å². The van der Waals surface area contributed by atoms with Gasteiger partial charge in [-0.1, -0.05) is 65.2 Å². The molecule has 6 heteroatoms. The van der Waals surface area contributed by atoms with Crippen LogP contribution in [0, 0.1) is 12.1 Å². The Hall–Kier alpha value is -4.47. The fraction of sp³-hybridized carbons (Fsp3) is 0. The first-order chi connectivity index (χ1) is 18.3. The summed E-state index contributed by atoms with van der Waals surface area (Å²) in [5.41, 5.74) is 5.93. The standard InChI is InChI=1S/C32H20N4O.Pt/c1-2-10-23(11-3-1)36(25-13-6-12-24(22-25)35-21-9-20-33-35)31-19-8-17-29(34-31)28-16-7-15-27-26-14-4-5-18-30(26)37-32(27)28;/h1-15,17-21H;/q-2;+2. The molecule has 0 radical (unpaired) electrons. The van der Waals surface area contributed by atoms with E-state index in [1.165, 1.54) is 0 Å². The van der Waals surface area contributed by atoms with Crippen LogP contribution in [0.4, 0.5) is 17.2 Å². The molecule has 0 atom stereocenters. The SMILES string of the molecule is [Pt+2].[c-]1c(N(c2ccccc2)c2cccc(-c3[c-]ccc4c3oc3ccccc34)n2)cccc1-n1cccn1. The van der Waals surface area contributed by atoms with Crippen LogP contribution in [0.25, 0.3) is 38.9 Å². The Morgan fingerprint density at radius 2 is 1.61 bits per heavy atom. The molecule has 0 fully saturated rings. The van der Waals surface area contributed by atoms with Crippen molar-refractivity contribution in [3.05, 3.63) is 134 Å². The number of furan rings is 1. The third-order valence-corrected chi connectivity index (χ3v) is 6.33. The summed E-state index contributed by atoms with van der Waals surface area (Å²) in [6, 6.07) is 43.0. The summed E-state index contributed by atoms with van der Waals surface area (Å²) in [7, 11) is 0. The Morgan fingerprint density at radius 3 is 2.47 bits per heavy atom. The number of fused-ring (bicyclic) bond motifs is 3. The van der Waals surface area contributed by atoms with E-state index in [0.29, 0.717) is 0 Å². The van der Waals surface area contributed by atoms with Crippen molar-refractivity contribution in [3.8, 4) is 16.9 Å². The molecule has 0 spiro atoms. The van der Waals surface area contributed by atoms with Crippen LogP contribution in [0.5, 0.6) is 0 Å². The summed E-state index contributed by atoms with van der Waals surface area (Å²) >= 11 is 0. The molecule has 0 bridgehead atoms. The third-order valence-electron chi connectivity index (χ3n) is 6.33. The van der Waals surface area contributed by atoms with Crippen LogP contribution in [0.2, 0.25) is 0 Å². The third kappa shape index (κ3) is 4.21. The van der Waals surface area contributed by atoms with Gasteiger partial charge < -0.3 is 9.32 Å². The molecule has 38 heavy (non-hydrogen) atoms. The van der Waals surface area contributed by atoms with Crippen LogP contribution in [-0.2, 0) is 21.1 Å². The zero-order valence-corrected chi connectivity index (χ0v) is 22.3. The fourth-order valence-electron chi connectivity index (χ4n) is 4.66. The smallest absolute Gasteiger partial charge is 0.501 e. The number of nitrogens with zero attached hydrogens (tertiary/aromatic N) is 4. The predicted molar refractivity (Wildman–Crippen MR) is 146 cm³/mol. The zero-order chi connectivity index (χ0) is 24.6. The van der Waals surface area contributed by atoms with E-state index < -0.39 is 0 Å². The molecule has 0 aliphatic heterocycles. The molecule has 0 unspecified atom stereocenters. The average molecular weight is 672 g/mol. The minimum atomic E-state index is 0. The number of hydrogen-bond donors (Lipinski definition) is 0. The van der Waals surface area contributed by atoms with Crippen LogP contribution in [-0.4, -0.2) is 14.8 Å². The number of rotatable bonds is 5. The van der Waals surface area contributed by atoms with Crippen LogP contribution < -0.4 is 4.90 Å². The molecule has 0 amide bonds. The molecule has 7 rings (SSSR count). The molecule has 7 aromatic rings. The van der Waals surface area contributed by atoms with E-state index >= 15 is 0 Å². The number of benzene rings is 4. The van der Waals surface area contributed by atoms with Crippen molar-refractivity contribution in [2.45, 2.75) is 0 Å². The van der Waals surface area contributed by atoms with Crippen molar-refractivity contribution in [2.24, 2.45) is 0 Å². The van der Waals surface area contributed by atoms with Crippen molar-refractivity contribution >= 4 is 39.1 Å². The maximum atomic E-state index is 6.26. The molecule has 184 valence electrons. The minimum absolute atomic E-state index is 0. The quantitative estimate of drug-likeness (QED) is 0.175. The molecule has 0 saturated heterocycles. The van der Waals surface area contributed by atoms with Crippen molar-refractivity contribution in [2.75, 3.05) is 4.90 Å². The molecule has 3 heterocycles. The van der Waals surface area contributed by atoms with Crippen LogP contribution in [0.1, 0.15) is 0 Å². The molecular formula is C32H20N4OPt. The van der Waals surface area contributed by atoms with Gasteiger partial charge in [0.1, 0.15) is 11.4 Å². The van der Waals surface area contributed by atoms with Gasteiger partial charge in [-0.25, -0.2) is 0 Å². The summed E-state index contributed by atoms with van der Waals surface area (Å²) in [4.78, 5) is 7.19. The maximum Gasteiger partial charge on any atom is 2.00 e. The number of aromatic nitrogens is 3. The summed E-state index contributed by atoms with van der Waals surface area (Å²) in [6.07, 6.45) is 3.67. The van der Waals surface area contributed by atoms with Crippen molar-refractivity contribution in [1.82, 2.24) is 14.8 Å². The van der Waals surface area contributed by atoms with Gasteiger partial charge in [0.15, 0.2) is 0 Å². The van der Waals surface area contributed by atoms with Gasteiger partial charge in [0.2, 0.25) is 0 Å². The second-order valence-corrected chi connectivity index (χ2v) is 8.62. The monoisotopic (exact) mass is 671 g/mol. The first-order valence-corrected chi connectivity index (χ1v) is 12.0. The number of para-hydroxylation sites is 2. The van der Waals surface area contributed by atoms with Gasteiger partial charge in [0.25, 0.3) is 0 Å². The van der Waals surface area contributed by atoms with Crippen molar-refractivity contribution in [1.29, 1.82) is 0 Å². The molecular weight excluding hydrogens is 651 g/mol. The summed E-state index contributed by atoms with van der Waals surface area (Å²) in [5, 5.41) is 6.51. The Morgan fingerprint density at radius 1 is 0.763 bits per heavy atom. The molecule has 4 aromatic carbocycles. The van der Waals surface area contributed by atoms with Gasteiger partial charge in [0.05, 0.1) is 5.58 Å². The van der Waals surface area contributed by atoms with Crippen LogP contribution in [0.3, 0.4) is 0 Å². The largest absolute Gasteiger partial charge is 2.00 e. The van der Waals surface area contributed by atoms with E-state index in [9.17, 15) is 0 Å².